The van der Waals surface area contributed by atoms with Gasteiger partial charge in [-0.25, -0.2) is 4.79 Å². The molecule has 0 radical (unpaired) electrons. The first-order valence-electron chi connectivity index (χ1n) is 19.9. The van der Waals surface area contributed by atoms with Gasteiger partial charge in [-0.05, 0) is 78.7 Å². The zero-order valence-corrected chi connectivity index (χ0v) is 37.1. The summed E-state index contributed by atoms with van der Waals surface area (Å²) in [5.74, 6) is -0.589. The first-order chi connectivity index (χ1) is 25.3. The lowest BCUT2D eigenvalue weighted by atomic mass is 10.0. The lowest BCUT2D eigenvalue weighted by Crippen LogP contribution is -2.65. The van der Waals surface area contributed by atoms with Gasteiger partial charge >= 0.3 is 11.9 Å². The molecule has 0 saturated carbocycles. The molecule has 1 aromatic rings. The maximum Gasteiger partial charge on any atom is 0.338 e. The predicted octanol–water partition coefficient (Wildman–Crippen LogP) is 7.41. The fourth-order valence-corrected chi connectivity index (χ4v) is 16.1. The average Bonchev–Trinajstić information content (AvgIpc) is 3.18. The molecule has 0 aromatic heterocycles. The van der Waals surface area contributed by atoms with Crippen molar-refractivity contribution in [1.29, 1.82) is 0 Å². The minimum atomic E-state index is -2.36. The second kappa shape index (κ2) is 21.0. The van der Waals surface area contributed by atoms with Gasteiger partial charge in [-0.1, -0.05) is 62.3 Å². The molecular weight excluding hydrogens is 733 g/mol. The van der Waals surface area contributed by atoms with Gasteiger partial charge in [0.1, 0.15) is 18.0 Å². The van der Waals surface area contributed by atoms with Crippen LogP contribution in [0.2, 0.25) is 54.4 Å². The summed E-state index contributed by atoms with van der Waals surface area (Å²) in [6.45, 7) is 20.8. The molecule has 1 aromatic carbocycles. The van der Waals surface area contributed by atoms with Crippen LogP contribution in [-0.2, 0) is 41.8 Å². The van der Waals surface area contributed by atoms with E-state index < -0.39 is 86.1 Å². The molecule has 2 aliphatic rings. The van der Waals surface area contributed by atoms with E-state index in [-0.39, 0.29) is 13.2 Å². The van der Waals surface area contributed by atoms with Crippen molar-refractivity contribution in [3.8, 4) is 5.75 Å². The highest BCUT2D eigenvalue weighted by Gasteiger charge is 2.54. The largest absolute Gasteiger partial charge is 0.497 e. The molecular formula is C38H68O12Si3. The van der Waals surface area contributed by atoms with Gasteiger partial charge in [-0.2, -0.15) is 0 Å². The lowest BCUT2D eigenvalue weighted by Gasteiger charge is -2.49. The summed E-state index contributed by atoms with van der Waals surface area (Å²) in [6.07, 6.45) is -7.90. The maximum atomic E-state index is 14.1. The average molecular weight is 801 g/mol. The fraction of sp³-hybridized carbons (Fsp3) is 0.789. The monoisotopic (exact) mass is 800 g/mol. The summed E-state index contributed by atoms with van der Waals surface area (Å²) in [4.78, 5) is 26.5. The molecule has 15 heteroatoms. The molecule has 1 unspecified atom stereocenters. The second-order valence-corrected chi connectivity index (χ2v) is 28.5. The molecule has 2 heterocycles. The van der Waals surface area contributed by atoms with Crippen LogP contribution < -0.4 is 4.74 Å². The van der Waals surface area contributed by atoms with Crippen molar-refractivity contribution in [2.75, 3.05) is 20.3 Å². The van der Waals surface area contributed by atoms with Crippen molar-refractivity contribution in [2.24, 2.45) is 0 Å². The van der Waals surface area contributed by atoms with Gasteiger partial charge in [0.25, 0.3) is 0 Å². The summed E-state index contributed by atoms with van der Waals surface area (Å²) in [5.41, 5.74) is 0.320. The van der Waals surface area contributed by atoms with E-state index in [0.717, 1.165) is 54.4 Å². The van der Waals surface area contributed by atoms with Crippen LogP contribution in [0.5, 0.6) is 5.75 Å². The highest BCUT2D eigenvalue weighted by Crippen LogP contribution is 2.38. The Morgan fingerprint density at radius 3 is 1.55 bits per heavy atom. The lowest BCUT2D eigenvalue weighted by molar-refractivity contribution is -0.326. The van der Waals surface area contributed by atoms with Crippen LogP contribution >= 0.6 is 0 Å². The zero-order valence-electron chi connectivity index (χ0n) is 34.1. The van der Waals surface area contributed by atoms with Gasteiger partial charge in [-0.3, -0.25) is 4.79 Å². The van der Waals surface area contributed by atoms with E-state index in [4.69, 9.17) is 41.7 Å². The van der Waals surface area contributed by atoms with E-state index in [1.807, 2.05) is 0 Å². The highest BCUT2D eigenvalue weighted by molar-refractivity contribution is 6.74. The number of carbonyl (C=O) groups excluding carboxylic acids is 2. The Bertz CT molecular complexity index is 1230. The quantitative estimate of drug-likeness (QED) is 0.0979. The summed E-state index contributed by atoms with van der Waals surface area (Å²) in [5, 5.41) is 11.1. The topological polar surface area (TPSA) is 137 Å². The van der Waals surface area contributed by atoms with E-state index in [9.17, 15) is 14.7 Å². The number of carbonyl (C=O) groups is 2. The fourth-order valence-electron chi connectivity index (χ4n) is 7.57. The van der Waals surface area contributed by atoms with Crippen LogP contribution in [0, 0.1) is 0 Å². The van der Waals surface area contributed by atoms with Crippen molar-refractivity contribution in [2.45, 2.75) is 173 Å². The van der Waals surface area contributed by atoms with Crippen molar-refractivity contribution < 1.29 is 56.4 Å². The third-order valence-electron chi connectivity index (χ3n) is 11.9. The Morgan fingerprint density at radius 2 is 1.09 bits per heavy atom. The molecule has 2 saturated heterocycles. The number of aliphatic hydroxyl groups excluding tert-OH is 1. The third kappa shape index (κ3) is 11.2. The molecule has 2 fully saturated rings. The van der Waals surface area contributed by atoms with Crippen molar-refractivity contribution in [3.63, 3.8) is 0 Å². The predicted molar refractivity (Wildman–Crippen MR) is 211 cm³/mol. The van der Waals surface area contributed by atoms with E-state index in [2.05, 4.69) is 62.3 Å². The van der Waals surface area contributed by atoms with Crippen LogP contribution in [0.25, 0.3) is 0 Å². The Morgan fingerprint density at radius 1 is 0.642 bits per heavy atom. The number of hydrogen-bond donors (Lipinski definition) is 1. The minimum Gasteiger partial charge on any atom is -0.497 e. The first-order valence-corrected chi connectivity index (χ1v) is 27.5. The summed E-state index contributed by atoms with van der Waals surface area (Å²) < 4.78 is 57.9. The summed E-state index contributed by atoms with van der Waals surface area (Å²) >= 11 is 0. The van der Waals surface area contributed by atoms with E-state index >= 15 is 0 Å². The standard InChI is InChI=1S/C38H68O12Si3/c1-12-51(13-2,14-3)48-30-25-43-37(41)34(45-27(10)39)32(30)47-38-35(46-36(40)28-21-23-29(42-11)24-22-28)33(50-53(18-7,19-8)20-9)31(26-44-38)49-52(15-4,16-5)17-6/h21-24,30-35,37-38,41H,12-20,25-26H2,1-11H3/t30-,31+,32-,33-,34+,35+,37?,38-/m0/s1. The molecule has 304 valence electrons. The number of rotatable bonds is 21. The number of ether oxygens (including phenoxy) is 6. The minimum absolute atomic E-state index is 0.0161. The van der Waals surface area contributed by atoms with E-state index in [0.29, 0.717) is 11.3 Å². The van der Waals surface area contributed by atoms with Gasteiger partial charge in [-0.15, -0.1) is 0 Å². The molecule has 0 spiro atoms. The van der Waals surface area contributed by atoms with Crippen LogP contribution in [0.4, 0.5) is 0 Å². The van der Waals surface area contributed by atoms with Gasteiger partial charge in [0, 0.05) is 6.92 Å². The van der Waals surface area contributed by atoms with Gasteiger partial charge in [0.15, 0.2) is 49.7 Å². The molecule has 1 N–H and O–H groups in total. The number of benzene rings is 1. The number of esters is 2. The van der Waals surface area contributed by atoms with Crippen molar-refractivity contribution in [1.82, 2.24) is 0 Å². The van der Waals surface area contributed by atoms with Gasteiger partial charge in [0.05, 0.1) is 38.1 Å². The highest BCUT2D eigenvalue weighted by atomic mass is 28.4. The molecule has 53 heavy (non-hydrogen) atoms. The smallest absolute Gasteiger partial charge is 0.338 e. The molecule has 8 atom stereocenters. The van der Waals surface area contributed by atoms with Crippen molar-refractivity contribution >= 4 is 36.9 Å². The molecule has 0 bridgehead atoms. The number of aliphatic hydroxyl groups is 1. The van der Waals surface area contributed by atoms with Crippen LogP contribution in [-0.4, -0.2) is 112 Å². The van der Waals surface area contributed by atoms with Crippen LogP contribution in [0.3, 0.4) is 0 Å². The Hall–Kier alpha value is -1.67. The Balaban J connectivity index is 2.19. The zero-order chi connectivity index (χ0) is 39.4. The summed E-state index contributed by atoms with van der Waals surface area (Å²) in [6, 6.07) is 14.6. The second-order valence-electron chi connectivity index (χ2n) is 14.3. The third-order valence-corrected chi connectivity index (χ3v) is 25.9. The van der Waals surface area contributed by atoms with E-state index in [1.54, 1.807) is 31.4 Å². The van der Waals surface area contributed by atoms with Gasteiger partial charge < -0.3 is 46.8 Å². The number of hydrogen-bond acceptors (Lipinski definition) is 12. The first kappa shape index (κ1) is 45.7. The van der Waals surface area contributed by atoms with Crippen LogP contribution in [0.15, 0.2) is 24.3 Å². The SMILES string of the molecule is CC[Si](CC)(CC)O[C@@H]1[C@@H](OC(=O)c2ccc(OC)cc2)[C@H](O[C@H]2[C@@H](O[Si](CC)(CC)CC)COC(O)[C@@H]2OC(C)=O)OC[C@H]1O[Si](CC)(CC)CC. The van der Waals surface area contributed by atoms with E-state index in [1.165, 1.54) is 6.92 Å². The Kier molecular flexibility index (Phi) is 18.1. The maximum absolute atomic E-state index is 14.1. The molecule has 12 nitrogen and oxygen atoms in total. The Labute approximate surface area is 321 Å². The van der Waals surface area contributed by atoms with Crippen LogP contribution in [0.1, 0.15) is 79.6 Å². The van der Waals surface area contributed by atoms with Crippen molar-refractivity contribution in [3.05, 3.63) is 29.8 Å². The molecule has 0 aliphatic carbocycles. The molecule has 2 aliphatic heterocycles. The summed E-state index contributed by atoms with van der Waals surface area (Å²) in [7, 11) is -5.27. The molecule has 0 amide bonds. The number of methoxy groups -OCH3 is 1. The molecule has 3 rings (SSSR count). The normalized spacial score (nSPS) is 26.9. The van der Waals surface area contributed by atoms with Gasteiger partial charge in [0.2, 0.25) is 0 Å².